The average molecular weight is 346 g/mol. The Morgan fingerprint density at radius 3 is 2.92 bits per heavy atom. The fraction of sp³-hybridized carbons (Fsp3) is 0.471. The summed E-state index contributed by atoms with van der Waals surface area (Å²) in [5, 5.41) is 0.961. The van der Waals surface area contributed by atoms with Crippen molar-refractivity contribution in [2.45, 2.75) is 19.8 Å². The minimum atomic E-state index is 0.0576. The highest BCUT2D eigenvalue weighted by molar-refractivity contribution is 7.09. The third-order valence-electron chi connectivity index (χ3n) is 4.14. The standard InChI is InChI=1S/C17H22N4O2S/c1-3-15-18-17(24-19-15)21-9-5-8-20(10-11-21)16(22)13-6-4-7-14(12-13)23-2/h4,6-7,12H,3,5,8-11H2,1-2H3. The highest BCUT2D eigenvalue weighted by Gasteiger charge is 2.22. The van der Waals surface area contributed by atoms with Crippen LogP contribution in [0.5, 0.6) is 5.75 Å². The smallest absolute Gasteiger partial charge is 0.254 e. The number of rotatable bonds is 4. The van der Waals surface area contributed by atoms with Gasteiger partial charge in [0.15, 0.2) is 0 Å². The van der Waals surface area contributed by atoms with Gasteiger partial charge in [-0.25, -0.2) is 4.98 Å². The first-order valence-corrected chi connectivity index (χ1v) is 8.99. The second kappa shape index (κ2) is 7.61. The van der Waals surface area contributed by atoms with E-state index in [-0.39, 0.29) is 5.91 Å². The maximum Gasteiger partial charge on any atom is 0.254 e. The summed E-state index contributed by atoms with van der Waals surface area (Å²) in [7, 11) is 1.61. The minimum absolute atomic E-state index is 0.0576. The number of aromatic nitrogens is 2. The predicted octanol–water partition coefficient (Wildman–Crippen LogP) is 2.46. The summed E-state index contributed by atoms with van der Waals surface area (Å²) in [4.78, 5) is 21.4. The van der Waals surface area contributed by atoms with Crippen molar-refractivity contribution >= 4 is 22.6 Å². The van der Waals surface area contributed by atoms with Crippen LogP contribution in [0.3, 0.4) is 0 Å². The lowest BCUT2D eigenvalue weighted by Crippen LogP contribution is -2.35. The van der Waals surface area contributed by atoms with E-state index < -0.39 is 0 Å². The van der Waals surface area contributed by atoms with Gasteiger partial charge in [-0.2, -0.15) is 4.37 Å². The third-order valence-corrected chi connectivity index (χ3v) is 4.96. The highest BCUT2D eigenvalue weighted by atomic mass is 32.1. The van der Waals surface area contributed by atoms with E-state index in [2.05, 4.69) is 21.2 Å². The van der Waals surface area contributed by atoms with Crippen molar-refractivity contribution in [1.29, 1.82) is 0 Å². The number of carbonyl (C=O) groups is 1. The zero-order valence-electron chi connectivity index (χ0n) is 14.1. The van der Waals surface area contributed by atoms with Gasteiger partial charge in [-0.05, 0) is 24.6 Å². The molecule has 6 nitrogen and oxygen atoms in total. The summed E-state index contributed by atoms with van der Waals surface area (Å²) in [6, 6.07) is 7.33. The summed E-state index contributed by atoms with van der Waals surface area (Å²) in [6.45, 7) is 5.19. The Morgan fingerprint density at radius 2 is 2.17 bits per heavy atom. The van der Waals surface area contributed by atoms with Crippen LogP contribution in [0, 0.1) is 0 Å². The number of methoxy groups -OCH3 is 1. The maximum absolute atomic E-state index is 12.7. The SMILES string of the molecule is CCc1nsc(N2CCCN(C(=O)c3cccc(OC)c3)CC2)n1. The van der Waals surface area contributed by atoms with Gasteiger partial charge < -0.3 is 14.5 Å². The summed E-state index contributed by atoms with van der Waals surface area (Å²) >= 11 is 1.45. The lowest BCUT2D eigenvalue weighted by molar-refractivity contribution is 0.0766. The number of ether oxygens (including phenoxy) is 1. The van der Waals surface area contributed by atoms with Crippen LogP contribution in [0.2, 0.25) is 0 Å². The number of hydrogen-bond donors (Lipinski definition) is 0. The Hall–Kier alpha value is -2.15. The van der Waals surface area contributed by atoms with E-state index >= 15 is 0 Å². The fourth-order valence-electron chi connectivity index (χ4n) is 2.77. The molecule has 0 atom stereocenters. The zero-order chi connectivity index (χ0) is 16.9. The van der Waals surface area contributed by atoms with E-state index in [4.69, 9.17) is 4.74 Å². The quantitative estimate of drug-likeness (QED) is 0.851. The van der Waals surface area contributed by atoms with Crippen LogP contribution in [0.1, 0.15) is 29.5 Å². The molecule has 0 radical (unpaired) electrons. The molecular formula is C17H22N4O2S. The van der Waals surface area contributed by atoms with Gasteiger partial charge in [0.2, 0.25) is 5.13 Å². The Bertz CT molecular complexity index is 703. The number of aryl methyl sites for hydroxylation is 1. The largest absolute Gasteiger partial charge is 0.497 e. The summed E-state index contributed by atoms with van der Waals surface area (Å²) in [5.74, 6) is 1.66. The Balaban J connectivity index is 1.67. The normalized spacial score (nSPS) is 15.2. The summed E-state index contributed by atoms with van der Waals surface area (Å²) in [5.41, 5.74) is 0.673. The number of nitrogens with zero attached hydrogens (tertiary/aromatic N) is 4. The molecule has 0 aliphatic carbocycles. The van der Waals surface area contributed by atoms with Crippen molar-refractivity contribution in [3.05, 3.63) is 35.7 Å². The van der Waals surface area contributed by atoms with Crippen molar-refractivity contribution < 1.29 is 9.53 Å². The second-order valence-corrected chi connectivity index (χ2v) is 6.44. The van der Waals surface area contributed by atoms with Gasteiger partial charge in [0.25, 0.3) is 5.91 Å². The molecule has 3 rings (SSSR count). The van der Waals surface area contributed by atoms with E-state index in [9.17, 15) is 4.79 Å². The van der Waals surface area contributed by atoms with Crippen LogP contribution in [0.15, 0.2) is 24.3 Å². The van der Waals surface area contributed by atoms with E-state index in [0.717, 1.165) is 43.4 Å². The Labute approximate surface area is 146 Å². The first-order valence-electron chi connectivity index (χ1n) is 8.22. The molecule has 1 saturated heterocycles. The Morgan fingerprint density at radius 1 is 1.29 bits per heavy atom. The van der Waals surface area contributed by atoms with E-state index in [1.807, 2.05) is 23.1 Å². The topological polar surface area (TPSA) is 58.6 Å². The molecule has 0 spiro atoms. The lowest BCUT2D eigenvalue weighted by Gasteiger charge is -2.21. The molecular weight excluding hydrogens is 324 g/mol. The molecule has 0 bridgehead atoms. The number of hydrogen-bond acceptors (Lipinski definition) is 6. The third kappa shape index (κ3) is 3.67. The van der Waals surface area contributed by atoms with Crippen molar-refractivity contribution in [2.24, 2.45) is 0 Å². The molecule has 1 aliphatic rings. The molecule has 0 unspecified atom stereocenters. The number of carbonyl (C=O) groups excluding carboxylic acids is 1. The van der Waals surface area contributed by atoms with Gasteiger partial charge in [-0.1, -0.05) is 13.0 Å². The van der Waals surface area contributed by atoms with Gasteiger partial charge in [0, 0.05) is 49.7 Å². The van der Waals surface area contributed by atoms with Crippen LogP contribution < -0.4 is 9.64 Å². The number of amides is 1. The summed E-state index contributed by atoms with van der Waals surface area (Å²) < 4.78 is 9.57. The van der Waals surface area contributed by atoms with Gasteiger partial charge >= 0.3 is 0 Å². The number of anilines is 1. The molecule has 1 amide bonds. The molecule has 0 saturated carbocycles. The van der Waals surface area contributed by atoms with Crippen molar-refractivity contribution in [3.8, 4) is 5.75 Å². The monoisotopic (exact) mass is 346 g/mol. The maximum atomic E-state index is 12.7. The predicted molar refractivity (Wildman–Crippen MR) is 95.0 cm³/mol. The molecule has 1 aromatic heterocycles. The van der Waals surface area contributed by atoms with Crippen LogP contribution in [-0.4, -0.2) is 53.5 Å². The van der Waals surface area contributed by atoms with Crippen LogP contribution in [-0.2, 0) is 6.42 Å². The molecule has 2 heterocycles. The van der Waals surface area contributed by atoms with Gasteiger partial charge in [0.05, 0.1) is 7.11 Å². The molecule has 0 N–H and O–H groups in total. The van der Waals surface area contributed by atoms with Crippen molar-refractivity contribution in [3.63, 3.8) is 0 Å². The highest BCUT2D eigenvalue weighted by Crippen LogP contribution is 2.20. The molecule has 128 valence electrons. The summed E-state index contributed by atoms with van der Waals surface area (Å²) in [6.07, 6.45) is 1.78. The van der Waals surface area contributed by atoms with Gasteiger partial charge in [0.1, 0.15) is 11.6 Å². The van der Waals surface area contributed by atoms with E-state index in [1.54, 1.807) is 13.2 Å². The van der Waals surface area contributed by atoms with Gasteiger partial charge in [-0.15, -0.1) is 0 Å². The first-order chi connectivity index (χ1) is 11.7. The average Bonchev–Trinajstić information content (AvgIpc) is 2.98. The molecule has 1 aromatic carbocycles. The molecule has 1 fully saturated rings. The van der Waals surface area contributed by atoms with Gasteiger partial charge in [-0.3, -0.25) is 4.79 Å². The van der Waals surface area contributed by atoms with Crippen LogP contribution >= 0.6 is 11.5 Å². The lowest BCUT2D eigenvalue weighted by atomic mass is 10.2. The van der Waals surface area contributed by atoms with Crippen molar-refractivity contribution in [1.82, 2.24) is 14.3 Å². The Kier molecular flexibility index (Phi) is 5.30. The van der Waals surface area contributed by atoms with Crippen LogP contribution in [0.25, 0.3) is 0 Å². The molecule has 24 heavy (non-hydrogen) atoms. The number of benzene rings is 1. The molecule has 2 aromatic rings. The van der Waals surface area contributed by atoms with Crippen LogP contribution in [0.4, 0.5) is 5.13 Å². The zero-order valence-corrected chi connectivity index (χ0v) is 14.9. The second-order valence-electron chi connectivity index (χ2n) is 5.71. The minimum Gasteiger partial charge on any atom is -0.497 e. The molecule has 7 heteroatoms. The fourth-order valence-corrected chi connectivity index (χ4v) is 3.57. The molecule has 1 aliphatic heterocycles. The van der Waals surface area contributed by atoms with Crippen molar-refractivity contribution in [2.75, 3.05) is 38.2 Å². The first kappa shape index (κ1) is 16.7. The van der Waals surface area contributed by atoms with E-state index in [0.29, 0.717) is 17.9 Å². The van der Waals surface area contributed by atoms with E-state index in [1.165, 1.54) is 11.5 Å².